The minimum atomic E-state index is -4.96. The van der Waals surface area contributed by atoms with Gasteiger partial charge in [0.05, 0.1) is 26.4 Å². The lowest BCUT2D eigenvalue weighted by molar-refractivity contribution is -0.161. The lowest BCUT2D eigenvalue weighted by atomic mass is 9.99. The van der Waals surface area contributed by atoms with Gasteiger partial charge in [0.1, 0.15) is 19.3 Å². The molecule has 6 atom stereocenters. The summed E-state index contributed by atoms with van der Waals surface area (Å²) in [6.07, 6.45) is 58.4. The molecule has 0 amide bonds. The highest BCUT2D eigenvalue weighted by Gasteiger charge is 2.30. The van der Waals surface area contributed by atoms with Crippen LogP contribution in [0.3, 0.4) is 0 Å². The highest BCUT2D eigenvalue weighted by atomic mass is 31.2. The zero-order chi connectivity index (χ0) is 71.4. The fraction of sp³-hybridized carbons (Fsp3) is 0.949. The average molecular weight is 1420 g/mol. The summed E-state index contributed by atoms with van der Waals surface area (Å²) in [6, 6.07) is 0. The van der Waals surface area contributed by atoms with Crippen LogP contribution in [0.2, 0.25) is 0 Å². The molecule has 0 saturated heterocycles. The van der Waals surface area contributed by atoms with Crippen molar-refractivity contribution in [1.82, 2.24) is 0 Å². The summed E-state index contributed by atoms with van der Waals surface area (Å²) >= 11 is 0. The van der Waals surface area contributed by atoms with Crippen LogP contribution in [0.4, 0.5) is 0 Å². The van der Waals surface area contributed by atoms with Gasteiger partial charge in [-0.1, -0.05) is 356 Å². The van der Waals surface area contributed by atoms with E-state index in [4.69, 9.17) is 37.0 Å². The van der Waals surface area contributed by atoms with Crippen molar-refractivity contribution in [3.8, 4) is 0 Å². The number of ether oxygens (including phenoxy) is 4. The molecule has 0 aliphatic rings. The van der Waals surface area contributed by atoms with Crippen LogP contribution in [-0.2, 0) is 65.4 Å². The molecule has 0 heterocycles. The van der Waals surface area contributed by atoms with E-state index in [2.05, 4.69) is 41.5 Å². The number of phosphoric acid groups is 2. The quantitative estimate of drug-likeness (QED) is 0.0222. The van der Waals surface area contributed by atoms with Gasteiger partial charge in [0, 0.05) is 25.7 Å². The first-order chi connectivity index (χ1) is 46.9. The van der Waals surface area contributed by atoms with Crippen LogP contribution in [0, 0.1) is 11.8 Å². The Bertz CT molecular complexity index is 1870. The lowest BCUT2D eigenvalue weighted by Crippen LogP contribution is -2.30. The molecule has 0 aromatic carbocycles. The zero-order valence-electron chi connectivity index (χ0n) is 63.4. The molecule has 0 aliphatic carbocycles. The van der Waals surface area contributed by atoms with Crippen molar-refractivity contribution in [1.29, 1.82) is 0 Å². The van der Waals surface area contributed by atoms with E-state index in [9.17, 15) is 43.2 Å². The van der Waals surface area contributed by atoms with E-state index in [0.717, 1.165) is 115 Å². The van der Waals surface area contributed by atoms with E-state index < -0.39 is 97.5 Å². The van der Waals surface area contributed by atoms with Crippen LogP contribution in [0.25, 0.3) is 0 Å². The molecule has 0 saturated carbocycles. The Balaban J connectivity index is 5.16. The monoisotopic (exact) mass is 1420 g/mol. The first-order valence-corrected chi connectivity index (χ1v) is 43.5. The summed E-state index contributed by atoms with van der Waals surface area (Å²) in [6.45, 7) is 9.65. The third-order valence-electron chi connectivity index (χ3n) is 18.6. The van der Waals surface area contributed by atoms with Gasteiger partial charge in [-0.3, -0.25) is 37.3 Å². The summed E-state index contributed by atoms with van der Waals surface area (Å²) < 4.78 is 68.5. The minimum Gasteiger partial charge on any atom is -0.462 e. The molecule has 0 radical (unpaired) electrons. The van der Waals surface area contributed by atoms with Crippen molar-refractivity contribution in [2.24, 2.45) is 11.8 Å². The second kappa shape index (κ2) is 69.8. The molecule has 0 rings (SSSR count). The van der Waals surface area contributed by atoms with Crippen LogP contribution < -0.4 is 0 Å². The Kier molecular flexibility index (Phi) is 68.4. The van der Waals surface area contributed by atoms with E-state index in [1.807, 2.05) is 0 Å². The Hall–Kier alpha value is -1.94. The van der Waals surface area contributed by atoms with Gasteiger partial charge in [0.15, 0.2) is 12.2 Å². The molecule has 0 spiro atoms. The van der Waals surface area contributed by atoms with Crippen molar-refractivity contribution < 1.29 is 80.2 Å². The Morgan fingerprint density at radius 2 is 0.526 bits per heavy atom. The predicted molar refractivity (Wildman–Crippen MR) is 395 cm³/mol. The van der Waals surface area contributed by atoms with Gasteiger partial charge in [0.25, 0.3) is 0 Å². The van der Waals surface area contributed by atoms with Gasteiger partial charge in [0.2, 0.25) is 0 Å². The SMILES string of the molecule is CCCCCCCCCCCCCCCC(=O)O[C@H](COC(=O)CCCCCCCCC)COP(=O)(O)OC[C@H](O)COP(=O)(O)OC[C@@H](COC(=O)CCCCCCCCCCCCCCC(C)C)OC(=O)CCCCCCCCCCCCCCCCCCCCC(C)CC. The molecular formula is C78H152O17P2. The van der Waals surface area contributed by atoms with Gasteiger partial charge in [-0.25, -0.2) is 9.13 Å². The molecule has 576 valence electrons. The molecule has 17 nitrogen and oxygen atoms in total. The lowest BCUT2D eigenvalue weighted by Gasteiger charge is -2.21. The van der Waals surface area contributed by atoms with Crippen molar-refractivity contribution >= 4 is 39.5 Å². The van der Waals surface area contributed by atoms with Crippen molar-refractivity contribution in [3.05, 3.63) is 0 Å². The molecule has 97 heavy (non-hydrogen) atoms. The van der Waals surface area contributed by atoms with Crippen molar-refractivity contribution in [3.63, 3.8) is 0 Å². The molecule has 3 unspecified atom stereocenters. The molecule has 0 bridgehead atoms. The van der Waals surface area contributed by atoms with E-state index in [-0.39, 0.29) is 25.7 Å². The number of phosphoric ester groups is 2. The highest BCUT2D eigenvalue weighted by molar-refractivity contribution is 7.47. The average Bonchev–Trinajstić information content (AvgIpc) is 1.55. The van der Waals surface area contributed by atoms with Crippen molar-refractivity contribution in [2.45, 2.75) is 426 Å². The number of carbonyl (C=O) groups is 4. The summed E-state index contributed by atoms with van der Waals surface area (Å²) in [4.78, 5) is 72.7. The van der Waals surface area contributed by atoms with Crippen LogP contribution >= 0.6 is 15.6 Å². The first kappa shape index (κ1) is 95.1. The molecule has 0 aromatic rings. The smallest absolute Gasteiger partial charge is 0.462 e. The van der Waals surface area contributed by atoms with Crippen LogP contribution in [0.1, 0.15) is 408 Å². The molecule has 0 aliphatic heterocycles. The first-order valence-electron chi connectivity index (χ1n) is 40.5. The third kappa shape index (κ3) is 70.9. The Labute approximate surface area is 594 Å². The maximum atomic E-state index is 13.1. The highest BCUT2D eigenvalue weighted by Crippen LogP contribution is 2.45. The minimum absolute atomic E-state index is 0.107. The number of carbonyl (C=O) groups excluding carboxylic acids is 4. The Morgan fingerprint density at radius 3 is 0.784 bits per heavy atom. The second-order valence-electron chi connectivity index (χ2n) is 28.8. The number of unbranched alkanes of at least 4 members (excludes halogenated alkanes) is 46. The van der Waals surface area contributed by atoms with Crippen LogP contribution in [0.5, 0.6) is 0 Å². The largest absolute Gasteiger partial charge is 0.472 e. The number of hydrogen-bond donors (Lipinski definition) is 3. The summed E-state index contributed by atoms with van der Waals surface area (Å²) in [5.74, 6) is -0.464. The third-order valence-corrected chi connectivity index (χ3v) is 20.5. The normalized spacial score (nSPS) is 14.2. The predicted octanol–water partition coefficient (Wildman–Crippen LogP) is 23.1. The number of esters is 4. The maximum Gasteiger partial charge on any atom is 0.472 e. The van der Waals surface area contributed by atoms with E-state index in [1.54, 1.807) is 0 Å². The zero-order valence-corrected chi connectivity index (χ0v) is 65.2. The van der Waals surface area contributed by atoms with E-state index >= 15 is 0 Å². The Morgan fingerprint density at radius 1 is 0.299 bits per heavy atom. The summed E-state index contributed by atoms with van der Waals surface area (Å²) in [5, 5.41) is 10.6. The molecule has 0 fully saturated rings. The number of aliphatic hydroxyl groups excluding tert-OH is 1. The maximum absolute atomic E-state index is 13.1. The van der Waals surface area contributed by atoms with Gasteiger partial charge in [-0.15, -0.1) is 0 Å². The number of hydrogen-bond acceptors (Lipinski definition) is 15. The van der Waals surface area contributed by atoms with Gasteiger partial charge in [-0.05, 0) is 37.5 Å². The van der Waals surface area contributed by atoms with Crippen molar-refractivity contribution in [2.75, 3.05) is 39.6 Å². The summed E-state index contributed by atoms with van der Waals surface area (Å²) in [7, 11) is -9.91. The summed E-state index contributed by atoms with van der Waals surface area (Å²) in [5.41, 5.74) is 0. The van der Waals surface area contributed by atoms with Gasteiger partial charge in [-0.2, -0.15) is 0 Å². The van der Waals surface area contributed by atoms with Crippen LogP contribution in [0.15, 0.2) is 0 Å². The van der Waals surface area contributed by atoms with Gasteiger partial charge < -0.3 is 33.8 Å². The molecule has 0 aromatic heterocycles. The van der Waals surface area contributed by atoms with Crippen LogP contribution in [-0.4, -0.2) is 96.7 Å². The molecule has 19 heteroatoms. The number of rotatable bonds is 77. The van der Waals surface area contributed by atoms with Gasteiger partial charge >= 0.3 is 39.5 Å². The molecular weight excluding hydrogens is 1270 g/mol. The molecule has 3 N–H and O–H groups in total. The standard InChI is InChI=1S/C78H152O17P2/c1-7-10-12-14-16-17-18-25-33-38-44-50-56-62-77(82)94-73(66-88-75(80)60-54-48-40-15-13-11-8-2)68-92-96(84,85)90-64-72(79)65-91-97(86,87)93-69-74(67-89-76(81)61-55-49-43-37-32-29-28-30-35-41-46-52-58-70(4)5)95-78(83)63-57-51-45-39-34-27-24-22-20-19-21-23-26-31-36-42-47-53-59-71(6)9-3/h70-74,79H,7-69H2,1-6H3,(H,84,85)(H,86,87)/t71?,72-,73+,74+/m0/s1. The fourth-order valence-corrected chi connectivity index (χ4v) is 13.6. The second-order valence-corrected chi connectivity index (χ2v) is 31.7. The fourth-order valence-electron chi connectivity index (χ4n) is 12.0. The van der Waals surface area contributed by atoms with E-state index in [0.29, 0.717) is 25.7 Å². The number of aliphatic hydroxyl groups is 1. The topological polar surface area (TPSA) is 237 Å². The van der Waals surface area contributed by atoms with E-state index in [1.165, 1.54) is 212 Å².